The van der Waals surface area contributed by atoms with Crippen LogP contribution in [0.3, 0.4) is 0 Å². The third-order valence-electron chi connectivity index (χ3n) is 2.82. The number of halogens is 1. The van der Waals surface area contributed by atoms with Gasteiger partial charge in [0.2, 0.25) is 0 Å². The Kier molecular flexibility index (Phi) is 3.39. The summed E-state index contributed by atoms with van der Waals surface area (Å²) in [6.45, 7) is 0. The van der Waals surface area contributed by atoms with Gasteiger partial charge in [-0.3, -0.25) is 0 Å². The highest BCUT2D eigenvalue weighted by Crippen LogP contribution is 2.37. The minimum atomic E-state index is 0.530. The number of thiophene rings is 2. The van der Waals surface area contributed by atoms with Crippen LogP contribution in [0.15, 0.2) is 47.2 Å². The molecule has 0 aliphatic rings. The standard InChI is InChI=1S/C15H8ClNS2/c16-15(11(8-17)14-6-3-7-18-14)12-9-19-13-5-2-1-4-10(12)13/h1-7,9H. The van der Waals surface area contributed by atoms with Crippen molar-refractivity contribution >= 4 is 55.0 Å². The van der Waals surface area contributed by atoms with Crippen molar-refractivity contribution in [3.63, 3.8) is 0 Å². The lowest BCUT2D eigenvalue weighted by Crippen LogP contribution is -1.81. The van der Waals surface area contributed by atoms with Gasteiger partial charge in [-0.2, -0.15) is 5.26 Å². The first-order valence-electron chi connectivity index (χ1n) is 5.61. The van der Waals surface area contributed by atoms with Crippen LogP contribution in [0.4, 0.5) is 0 Å². The van der Waals surface area contributed by atoms with Gasteiger partial charge < -0.3 is 0 Å². The maximum Gasteiger partial charge on any atom is 0.102 e. The predicted molar refractivity (Wildman–Crippen MR) is 84.4 cm³/mol. The van der Waals surface area contributed by atoms with Crippen LogP contribution in [0.1, 0.15) is 10.4 Å². The fourth-order valence-electron chi connectivity index (χ4n) is 1.92. The average molecular weight is 302 g/mol. The topological polar surface area (TPSA) is 23.8 Å². The maximum absolute atomic E-state index is 9.36. The van der Waals surface area contributed by atoms with Gasteiger partial charge in [0.25, 0.3) is 0 Å². The first-order valence-corrected chi connectivity index (χ1v) is 7.75. The Morgan fingerprint density at radius 1 is 1.11 bits per heavy atom. The van der Waals surface area contributed by atoms with Crippen LogP contribution in [-0.2, 0) is 0 Å². The smallest absolute Gasteiger partial charge is 0.102 e. The zero-order chi connectivity index (χ0) is 13.2. The first kappa shape index (κ1) is 12.4. The number of nitriles is 1. The second-order valence-electron chi connectivity index (χ2n) is 3.92. The van der Waals surface area contributed by atoms with E-state index in [2.05, 4.69) is 12.1 Å². The van der Waals surface area contributed by atoms with Crippen LogP contribution < -0.4 is 0 Å². The minimum Gasteiger partial charge on any atom is -0.192 e. The molecule has 2 heterocycles. The molecule has 0 atom stereocenters. The average Bonchev–Trinajstić information content (AvgIpc) is 3.08. The van der Waals surface area contributed by atoms with Crippen molar-refractivity contribution in [1.82, 2.24) is 0 Å². The Bertz CT molecular complexity index is 791. The summed E-state index contributed by atoms with van der Waals surface area (Å²) >= 11 is 9.62. The number of allylic oxidation sites excluding steroid dienone is 1. The molecule has 0 bridgehead atoms. The summed E-state index contributed by atoms with van der Waals surface area (Å²) in [5.41, 5.74) is 1.48. The van der Waals surface area contributed by atoms with Crippen molar-refractivity contribution in [3.8, 4) is 6.07 Å². The van der Waals surface area contributed by atoms with E-state index in [-0.39, 0.29) is 0 Å². The Morgan fingerprint density at radius 3 is 2.68 bits per heavy atom. The number of hydrogen-bond donors (Lipinski definition) is 0. The van der Waals surface area contributed by atoms with Crippen LogP contribution in [-0.4, -0.2) is 0 Å². The SMILES string of the molecule is N#CC(=C(Cl)c1csc2ccccc12)c1cccs1. The molecule has 0 radical (unpaired) electrons. The number of benzene rings is 1. The lowest BCUT2D eigenvalue weighted by Gasteiger charge is -2.01. The van der Waals surface area contributed by atoms with Crippen LogP contribution >= 0.6 is 34.3 Å². The molecule has 0 aliphatic heterocycles. The summed E-state index contributed by atoms with van der Waals surface area (Å²) in [5, 5.41) is 14.9. The van der Waals surface area contributed by atoms with E-state index in [0.29, 0.717) is 10.6 Å². The molecule has 1 aromatic carbocycles. The van der Waals surface area contributed by atoms with Crippen LogP contribution in [0, 0.1) is 11.3 Å². The molecule has 1 nitrogen and oxygen atoms in total. The highest BCUT2D eigenvalue weighted by molar-refractivity contribution is 7.17. The quantitative estimate of drug-likeness (QED) is 0.566. The maximum atomic E-state index is 9.36. The van der Waals surface area contributed by atoms with E-state index in [1.165, 1.54) is 16.0 Å². The normalized spacial score (nSPS) is 12.2. The highest BCUT2D eigenvalue weighted by Gasteiger charge is 2.13. The van der Waals surface area contributed by atoms with Crippen molar-refractivity contribution in [3.05, 3.63) is 57.6 Å². The van der Waals surface area contributed by atoms with Gasteiger partial charge >= 0.3 is 0 Å². The fraction of sp³-hybridized carbons (Fsp3) is 0. The summed E-state index contributed by atoms with van der Waals surface area (Å²) in [6.07, 6.45) is 0. The summed E-state index contributed by atoms with van der Waals surface area (Å²) in [4.78, 5) is 0.905. The van der Waals surface area contributed by atoms with E-state index in [4.69, 9.17) is 11.6 Å². The predicted octanol–water partition coefficient (Wildman–Crippen LogP) is 5.59. The van der Waals surface area contributed by atoms with Gasteiger partial charge in [0.15, 0.2) is 0 Å². The molecule has 0 spiro atoms. The van der Waals surface area contributed by atoms with Gasteiger partial charge in [0.05, 0.1) is 10.6 Å². The summed E-state index contributed by atoms with van der Waals surface area (Å²) in [6, 6.07) is 14.1. The molecule has 3 rings (SSSR count). The van der Waals surface area contributed by atoms with E-state index in [9.17, 15) is 5.26 Å². The van der Waals surface area contributed by atoms with E-state index in [1.807, 2.05) is 41.1 Å². The molecule has 0 saturated heterocycles. The third-order valence-corrected chi connectivity index (χ3v) is 5.06. The number of nitrogens with zero attached hydrogens (tertiary/aromatic N) is 1. The van der Waals surface area contributed by atoms with Crippen molar-refractivity contribution < 1.29 is 0 Å². The van der Waals surface area contributed by atoms with Crippen LogP contribution in [0.2, 0.25) is 0 Å². The Morgan fingerprint density at radius 2 is 1.95 bits per heavy atom. The molecule has 19 heavy (non-hydrogen) atoms. The molecule has 4 heteroatoms. The summed E-state index contributed by atoms with van der Waals surface area (Å²) in [7, 11) is 0. The molecule has 0 amide bonds. The Labute approximate surface area is 124 Å². The molecule has 0 N–H and O–H groups in total. The highest BCUT2D eigenvalue weighted by atomic mass is 35.5. The lowest BCUT2D eigenvalue weighted by atomic mass is 10.1. The largest absolute Gasteiger partial charge is 0.192 e. The van der Waals surface area contributed by atoms with Crippen molar-refractivity contribution in [2.24, 2.45) is 0 Å². The van der Waals surface area contributed by atoms with Crippen molar-refractivity contribution in [2.75, 3.05) is 0 Å². The second-order valence-corrected chi connectivity index (χ2v) is 6.16. The summed E-state index contributed by atoms with van der Waals surface area (Å²) < 4.78 is 1.18. The fourth-order valence-corrected chi connectivity index (χ4v) is 4.01. The number of hydrogen-bond acceptors (Lipinski definition) is 3. The van der Waals surface area contributed by atoms with Gasteiger partial charge in [-0.15, -0.1) is 22.7 Å². The van der Waals surface area contributed by atoms with Crippen LogP contribution in [0.25, 0.3) is 20.7 Å². The Hall–Kier alpha value is -1.60. The van der Waals surface area contributed by atoms with E-state index in [1.54, 1.807) is 11.3 Å². The van der Waals surface area contributed by atoms with Crippen molar-refractivity contribution in [2.45, 2.75) is 0 Å². The first-order chi connectivity index (χ1) is 9.31. The second kappa shape index (κ2) is 5.18. The molecular weight excluding hydrogens is 294 g/mol. The third kappa shape index (κ3) is 2.19. The number of fused-ring (bicyclic) bond motifs is 1. The zero-order valence-electron chi connectivity index (χ0n) is 9.76. The Balaban J connectivity index is 2.23. The molecule has 0 unspecified atom stereocenters. The van der Waals surface area contributed by atoms with Gasteiger partial charge in [-0.25, -0.2) is 0 Å². The molecule has 3 aromatic rings. The van der Waals surface area contributed by atoms with E-state index in [0.717, 1.165) is 15.8 Å². The lowest BCUT2D eigenvalue weighted by molar-refractivity contribution is 1.54. The molecular formula is C15H8ClNS2. The van der Waals surface area contributed by atoms with Crippen molar-refractivity contribution in [1.29, 1.82) is 5.26 Å². The minimum absolute atomic E-state index is 0.530. The zero-order valence-corrected chi connectivity index (χ0v) is 12.1. The van der Waals surface area contributed by atoms with E-state index >= 15 is 0 Å². The van der Waals surface area contributed by atoms with Gasteiger partial charge in [0, 0.05) is 25.9 Å². The van der Waals surface area contributed by atoms with Gasteiger partial charge in [0.1, 0.15) is 6.07 Å². The monoisotopic (exact) mass is 301 g/mol. The van der Waals surface area contributed by atoms with Gasteiger partial charge in [-0.05, 0) is 17.5 Å². The molecule has 0 aliphatic carbocycles. The van der Waals surface area contributed by atoms with Gasteiger partial charge in [-0.1, -0.05) is 35.9 Å². The molecule has 0 saturated carbocycles. The van der Waals surface area contributed by atoms with E-state index < -0.39 is 0 Å². The molecule has 2 aromatic heterocycles. The van der Waals surface area contributed by atoms with Crippen LogP contribution in [0.5, 0.6) is 0 Å². The summed E-state index contributed by atoms with van der Waals surface area (Å²) in [5.74, 6) is 0. The number of rotatable bonds is 2. The molecule has 92 valence electrons. The molecule has 0 fully saturated rings.